The Morgan fingerprint density at radius 1 is 1.32 bits per heavy atom. The van der Waals surface area contributed by atoms with Crippen molar-refractivity contribution in [3.05, 3.63) is 38.2 Å². The fourth-order valence-electron chi connectivity index (χ4n) is 2.11. The van der Waals surface area contributed by atoms with Gasteiger partial charge in [-0.05, 0) is 13.3 Å². The van der Waals surface area contributed by atoms with E-state index in [0.29, 0.717) is 10.1 Å². The highest BCUT2D eigenvalue weighted by atomic mass is 32.1. The topological polar surface area (TPSA) is 72.2 Å². The third-order valence-electron chi connectivity index (χ3n) is 3.09. The minimum atomic E-state index is -0.117. The van der Waals surface area contributed by atoms with E-state index < -0.39 is 0 Å². The van der Waals surface area contributed by atoms with Crippen LogP contribution in [0.1, 0.15) is 28.9 Å². The number of nitrogens with one attached hydrogen (secondary N) is 1. The number of hydrogen-bond donors (Lipinski definition) is 1. The van der Waals surface area contributed by atoms with Crippen molar-refractivity contribution in [1.29, 1.82) is 0 Å². The molecule has 0 aliphatic carbocycles. The van der Waals surface area contributed by atoms with Crippen LogP contribution in [0.15, 0.2) is 17.1 Å². The Hall–Kier alpha value is -1.80. The average molecular weight is 335 g/mol. The van der Waals surface area contributed by atoms with Crippen LogP contribution in [0.3, 0.4) is 0 Å². The van der Waals surface area contributed by atoms with Gasteiger partial charge in [0, 0.05) is 35.8 Å². The van der Waals surface area contributed by atoms with E-state index in [1.165, 1.54) is 20.7 Å². The van der Waals surface area contributed by atoms with Crippen LogP contribution < -0.4 is 10.9 Å². The van der Waals surface area contributed by atoms with Crippen LogP contribution in [0.4, 0.5) is 5.13 Å². The van der Waals surface area contributed by atoms with E-state index >= 15 is 0 Å². The summed E-state index contributed by atoms with van der Waals surface area (Å²) in [5, 5.41) is 9.34. The molecule has 0 radical (unpaired) electrons. The number of nitrogens with zero attached hydrogens (tertiary/aromatic N) is 4. The number of fused-ring (bicyclic) bond motifs is 1. The molecule has 0 aromatic carbocycles. The zero-order valence-corrected chi connectivity index (χ0v) is 14.1. The smallest absolute Gasteiger partial charge is 0.275 e. The molecule has 0 saturated carbocycles. The molecule has 0 atom stereocenters. The summed E-state index contributed by atoms with van der Waals surface area (Å²) in [4.78, 5) is 22.7. The Morgan fingerprint density at radius 2 is 2.18 bits per heavy atom. The highest BCUT2D eigenvalue weighted by Crippen LogP contribution is 2.17. The van der Waals surface area contributed by atoms with Crippen LogP contribution in [0, 0.1) is 6.92 Å². The Kier molecular flexibility index (Phi) is 4.49. The van der Waals surface area contributed by atoms with Gasteiger partial charge in [-0.25, -0.2) is 9.97 Å². The maximum absolute atomic E-state index is 12.0. The highest BCUT2D eigenvalue weighted by molar-refractivity contribution is 7.20. The first-order valence-electron chi connectivity index (χ1n) is 7.20. The van der Waals surface area contributed by atoms with Crippen molar-refractivity contribution in [1.82, 2.24) is 19.6 Å². The zero-order chi connectivity index (χ0) is 15.5. The molecule has 0 saturated heterocycles. The molecule has 22 heavy (non-hydrogen) atoms. The van der Waals surface area contributed by atoms with Gasteiger partial charge in [0.1, 0.15) is 0 Å². The summed E-state index contributed by atoms with van der Waals surface area (Å²) in [6, 6.07) is 1.57. The van der Waals surface area contributed by atoms with Crippen molar-refractivity contribution in [2.45, 2.75) is 33.1 Å². The van der Waals surface area contributed by atoms with E-state index in [0.717, 1.165) is 36.5 Å². The number of hydrogen-bond acceptors (Lipinski definition) is 7. The second-order valence-corrected chi connectivity index (χ2v) is 7.25. The second kappa shape index (κ2) is 6.53. The lowest BCUT2D eigenvalue weighted by molar-refractivity contribution is 0.839. The minimum absolute atomic E-state index is 0.117. The number of thiazole rings is 1. The maximum atomic E-state index is 12.0. The molecule has 0 unspecified atom stereocenters. The molecule has 3 heterocycles. The van der Waals surface area contributed by atoms with Gasteiger partial charge in [0.15, 0.2) is 0 Å². The zero-order valence-electron chi connectivity index (χ0n) is 12.5. The molecule has 1 N–H and O–H groups in total. The van der Waals surface area contributed by atoms with E-state index in [4.69, 9.17) is 0 Å². The Bertz CT molecular complexity index is 835. The van der Waals surface area contributed by atoms with Crippen LogP contribution in [-0.4, -0.2) is 26.1 Å². The van der Waals surface area contributed by atoms with E-state index in [9.17, 15) is 4.79 Å². The minimum Gasteiger partial charge on any atom is -0.360 e. The quantitative estimate of drug-likeness (QED) is 0.749. The molecule has 0 amide bonds. The van der Waals surface area contributed by atoms with E-state index in [-0.39, 0.29) is 5.56 Å². The van der Waals surface area contributed by atoms with Gasteiger partial charge in [0.2, 0.25) is 10.1 Å². The molecule has 0 bridgehead atoms. The number of aromatic nitrogens is 4. The Labute approximate surface area is 135 Å². The molecular formula is C14H17N5OS2. The van der Waals surface area contributed by atoms with Crippen molar-refractivity contribution in [2.24, 2.45) is 0 Å². The normalized spacial score (nSPS) is 11.2. The van der Waals surface area contributed by atoms with Gasteiger partial charge in [-0.1, -0.05) is 24.7 Å². The summed E-state index contributed by atoms with van der Waals surface area (Å²) < 4.78 is 1.36. The van der Waals surface area contributed by atoms with Crippen molar-refractivity contribution >= 4 is 32.8 Å². The largest absolute Gasteiger partial charge is 0.360 e. The molecule has 0 aliphatic rings. The Morgan fingerprint density at radius 3 is 2.91 bits per heavy atom. The average Bonchev–Trinajstić information content (AvgIpc) is 3.06. The van der Waals surface area contributed by atoms with Crippen molar-refractivity contribution < 1.29 is 0 Å². The van der Waals surface area contributed by atoms with Crippen LogP contribution in [0.2, 0.25) is 0 Å². The molecule has 0 spiro atoms. The van der Waals surface area contributed by atoms with Crippen LogP contribution >= 0.6 is 22.7 Å². The summed E-state index contributed by atoms with van der Waals surface area (Å²) in [6.45, 7) is 4.86. The lowest BCUT2D eigenvalue weighted by Gasteiger charge is -1.98. The fourth-order valence-corrected chi connectivity index (χ4v) is 3.74. The van der Waals surface area contributed by atoms with Gasteiger partial charge in [-0.15, -0.1) is 16.4 Å². The van der Waals surface area contributed by atoms with Gasteiger partial charge < -0.3 is 5.32 Å². The lowest BCUT2D eigenvalue weighted by atomic mass is 10.2. The van der Waals surface area contributed by atoms with Crippen LogP contribution in [0.25, 0.3) is 4.96 Å². The van der Waals surface area contributed by atoms with Crippen molar-refractivity contribution in [2.75, 3.05) is 11.9 Å². The highest BCUT2D eigenvalue weighted by Gasteiger charge is 2.08. The first kappa shape index (κ1) is 15.1. The molecule has 6 nitrogen and oxygen atoms in total. The first-order valence-corrected chi connectivity index (χ1v) is 8.84. The molecule has 3 rings (SSSR count). The lowest BCUT2D eigenvalue weighted by Crippen LogP contribution is -2.15. The third kappa shape index (κ3) is 3.33. The first-order chi connectivity index (χ1) is 10.7. The van der Waals surface area contributed by atoms with E-state index in [1.54, 1.807) is 17.4 Å². The third-order valence-corrected chi connectivity index (χ3v) is 4.93. The summed E-state index contributed by atoms with van der Waals surface area (Å²) >= 11 is 3.11. The van der Waals surface area contributed by atoms with Crippen LogP contribution in [-0.2, 0) is 12.8 Å². The van der Waals surface area contributed by atoms with E-state index in [2.05, 4.69) is 27.3 Å². The molecule has 3 aromatic heterocycles. The van der Waals surface area contributed by atoms with Gasteiger partial charge in [0.05, 0.1) is 5.01 Å². The van der Waals surface area contributed by atoms with Crippen molar-refractivity contribution in [3.63, 3.8) is 0 Å². The standard InChI is InChI=1S/C14H17N5OS2/c1-3-4-10-7-12(20)19-14(17-10)22-13(18-19)15-6-5-11-16-8-9(2)21-11/h7-8H,3-6H2,1-2H3,(H,15,18). The molecule has 8 heteroatoms. The number of aryl methyl sites for hydroxylation is 2. The summed E-state index contributed by atoms with van der Waals surface area (Å²) in [5.74, 6) is 0. The summed E-state index contributed by atoms with van der Waals surface area (Å²) in [5.41, 5.74) is 0.717. The fraction of sp³-hybridized carbons (Fsp3) is 0.429. The summed E-state index contributed by atoms with van der Waals surface area (Å²) in [7, 11) is 0. The number of anilines is 1. The SMILES string of the molecule is CCCc1cc(=O)n2nc(NCCc3ncc(C)s3)sc2n1. The maximum Gasteiger partial charge on any atom is 0.275 e. The number of rotatable bonds is 6. The van der Waals surface area contributed by atoms with Gasteiger partial charge in [-0.3, -0.25) is 4.79 Å². The Balaban J connectivity index is 1.71. The van der Waals surface area contributed by atoms with Gasteiger partial charge in [0.25, 0.3) is 5.56 Å². The molecule has 116 valence electrons. The molecular weight excluding hydrogens is 318 g/mol. The van der Waals surface area contributed by atoms with Crippen molar-refractivity contribution in [3.8, 4) is 0 Å². The van der Waals surface area contributed by atoms with Crippen LogP contribution in [0.5, 0.6) is 0 Å². The van der Waals surface area contributed by atoms with E-state index in [1.807, 2.05) is 13.1 Å². The predicted molar refractivity (Wildman–Crippen MR) is 90.2 cm³/mol. The van der Waals surface area contributed by atoms with Gasteiger partial charge in [-0.2, -0.15) is 4.52 Å². The molecule has 0 fully saturated rings. The molecule has 0 aliphatic heterocycles. The summed E-state index contributed by atoms with van der Waals surface area (Å²) in [6.07, 6.45) is 4.52. The predicted octanol–water partition coefficient (Wildman–Crippen LogP) is 2.52. The van der Waals surface area contributed by atoms with Gasteiger partial charge >= 0.3 is 0 Å². The monoisotopic (exact) mass is 335 g/mol. The molecule has 3 aromatic rings. The second-order valence-electron chi connectivity index (χ2n) is 4.98.